The highest BCUT2D eigenvalue weighted by molar-refractivity contribution is 5.81. The number of carbonyl (C=O) groups excluding carboxylic acids is 1. The van der Waals surface area contributed by atoms with E-state index in [4.69, 9.17) is 4.42 Å². The largest absolute Gasteiger partial charge is 0.468 e. The summed E-state index contributed by atoms with van der Waals surface area (Å²) in [5.41, 5.74) is 1.11. The van der Waals surface area contributed by atoms with Crippen LogP contribution in [0.15, 0.2) is 47.3 Å². The summed E-state index contributed by atoms with van der Waals surface area (Å²) in [5, 5.41) is 3.49. The van der Waals surface area contributed by atoms with Gasteiger partial charge in [0, 0.05) is 30.9 Å². The average Bonchev–Trinajstić information content (AvgIpc) is 3.13. The van der Waals surface area contributed by atoms with Crippen LogP contribution >= 0.6 is 0 Å². The first kappa shape index (κ1) is 13.5. The van der Waals surface area contributed by atoms with Crippen LogP contribution in [0.1, 0.15) is 36.6 Å². The maximum atomic E-state index is 12.5. The van der Waals surface area contributed by atoms with Crippen molar-refractivity contribution in [3.8, 4) is 0 Å². The monoisotopic (exact) mass is 297 g/mol. The molecule has 1 N–H and O–H groups in total. The lowest BCUT2D eigenvalue weighted by Gasteiger charge is -2.28. The molecule has 2 aromatic rings. The Labute approximate surface area is 129 Å². The molecule has 0 unspecified atom stereocenters. The highest BCUT2D eigenvalue weighted by Gasteiger charge is 2.47. The highest BCUT2D eigenvalue weighted by Crippen LogP contribution is 2.41. The van der Waals surface area contributed by atoms with Crippen molar-refractivity contribution in [2.24, 2.45) is 0 Å². The van der Waals surface area contributed by atoms with E-state index in [-0.39, 0.29) is 18.0 Å². The van der Waals surface area contributed by atoms with Gasteiger partial charge in [0.05, 0.1) is 18.8 Å². The van der Waals surface area contributed by atoms with Gasteiger partial charge in [0.1, 0.15) is 5.76 Å². The van der Waals surface area contributed by atoms with Crippen LogP contribution in [-0.2, 0) is 11.3 Å². The molecule has 2 atom stereocenters. The lowest BCUT2D eigenvalue weighted by atomic mass is 10.0. The van der Waals surface area contributed by atoms with Crippen molar-refractivity contribution >= 4 is 5.91 Å². The molecule has 2 fully saturated rings. The van der Waals surface area contributed by atoms with Crippen molar-refractivity contribution in [1.29, 1.82) is 0 Å². The second kappa shape index (κ2) is 5.57. The zero-order chi connectivity index (χ0) is 14.9. The summed E-state index contributed by atoms with van der Waals surface area (Å²) >= 11 is 0. The van der Waals surface area contributed by atoms with E-state index in [0.29, 0.717) is 19.0 Å². The van der Waals surface area contributed by atoms with Gasteiger partial charge in [0.15, 0.2) is 0 Å². The molecule has 1 saturated carbocycles. The average molecular weight is 297 g/mol. The van der Waals surface area contributed by atoms with Crippen molar-refractivity contribution in [3.05, 3.63) is 54.2 Å². The minimum absolute atomic E-state index is 0.0728. The van der Waals surface area contributed by atoms with Gasteiger partial charge in [-0.15, -0.1) is 0 Å². The van der Waals surface area contributed by atoms with Crippen molar-refractivity contribution in [1.82, 2.24) is 15.2 Å². The molecule has 114 valence electrons. The van der Waals surface area contributed by atoms with Crippen molar-refractivity contribution in [3.63, 3.8) is 0 Å². The molecule has 0 bridgehead atoms. The summed E-state index contributed by atoms with van der Waals surface area (Å²) in [7, 11) is 0. The Morgan fingerprint density at radius 2 is 2.23 bits per heavy atom. The summed E-state index contributed by atoms with van der Waals surface area (Å²) in [6.07, 6.45) is 8.09. The maximum absolute atomic E-state index is 12.5. The number of nitrogens with zero attached hydrogens (tertiary/aromatic N) is 2. The first-order valence-electron chi connectivity index (χ1n) is 7.80. The summed E-state index contributed by atoms with van der Waals surface area (Å²) in [6, 6.07) is 8.41. The van der Waals surface area contributed by atoms with E-state index in [0.717, 1.165) is 24.2 Å². The molecule has 3 heterocycles. The van der Waals surface area contributed by atoms with Crippen molar-refractivity contribution < 1.29 is 9.21 Å². The van der Waals surface area contributed by atoms with Gasteiger partial charge in [0.25, 0.3) is 0 Å². The molecule has 0 radical (unpaired) electrons. The van der Waals surface area contributed by atoms with Gasteiger partial charge in [-0.2, -0.15) is 0 Å². The van der Waals surface area contributed by atoms with E-state index >= 15 is 0 Å². The number of amides is 1. The number of furan rings is 1. The fourth-order valence-electron chi connectivity index (χ4n) is 3.31. The molecule has 2 aliphatic rings. The van der Waals surface area contributed by atoms with Gasteiger partial charge in [-0.05, 0) is 36.6 Å². The predicted octanol–water partition coefficient (Wildman–Crippen LogP) is 2.27. The van der Waals surface area contributed by atoms with Gasteiger partial charge in [0.2, 0.25) is 5.91 Å². The zero-order valence-electron chi connectivity index (χ0n) is 12.3. The Morgan fingerprint density at radius 3 is 2.91 bits per heavy atom. The van der Waals surface area contributed by atoms with Crippen LogP contribution in [0.4, 0.5) is 0 Å². The Morgan fingerprint density at radius 1 is 1.32 bits per heavy atom. The number of pyridine rings is 1. The highest BCUT2D eigenvalue weighted by atomic mass is 16.3. The molecular formula is C17H19N3O2. The summed E-state index contributed by atoms with van der Waals surface area (Å²) in [5.74, 6) is 1.13. The SMILES string of the molecule is O=C1C[C@@H](NCc2ccco2)[C@H](c2cccnc2)N1C1CC1. The van der Waals surface area contributed by atoms with E-state index in [1.807, 2.05) is 24.4 Å². The first-order chi connectivity index (χ1) is 10.8. The molecule has 1 amide bonds. The lowest BCUT2D eigenvalue weighted by molar-refractivity contribution is -0.129. The summed E-state index contributed by atoms with van der Waals surface area (Å²) < 4.78 is 5.37. The number of aromatic nitrogens is 1. The van der Waals surface area contributed by atoms with Gasteiger partial charge in [-0.3, -0.25) is 9.78 Å². The number of hydrogen-bond acceptors (Lipinski definition) is 4. The van der Waals surface area contributed by atoms with E-state index in [1.165, 1.54) is 0 Å². The molecule has 4 rings (SSSR count). The van der Waals surface area contributed by atoms with E-state index in [9.17, 15) is 4.79 Å². The van der Waals surface area contributed by atoms with Crippen LogP contribution < -0.4 is 5.32 Å². The normalized spacial score (nSPS) is 24.9. The zero-order valence-corrected chi connectivity index (χ0v) is 12.3. The van der Waals surface area contributed by atoms with Crippen molar-refractivity contribution in [2.75, 3.05) is 0 Å². The molecule has 1 aliphatic heterocycles. The van der Waals surface area contributed by atoms with Gasteiger partial charge >= 0.3 is 0 Å². The molecule has 0 aromatic carbocycles. The summed E-state index contributed by atoms with van der Waals surface area (Å²) in [4.78, 5) is 18.7. The second-order valence-electron chi connectivity index (χ2n) is 6.03. The molecule has 1 saturated heterocycles. The number of carbonyl (C=O) groups is 1. The molecule has 22 heavy (non-hydrogen) atoms. The first-order valence-corrected chi connectivity index (χ1v) is 7.80. The smallest absolute Gasteiger partial charge is 0.225 e. The van der Waals surface area contributed by atoms with E-state index in [2.05, 4.69) is 21.3 Å². The maximum Gasteiger partial charge on any atom is 0.225 e. The molecule has 2 aromatic heterocycles. The summed E-state index contributed by atoms with van der Waals surface area (Å²) in [6.45, 7) is 0.639. The van der Waals surface area contributed by atoms with E-state index in [1.54, 1.807) is 12.5 Å². The topological polar surface area (TPSA) is 58.4 Å². The van der Waals surface area contributed by atoms with Crippen LogP contribution in [0, 0.1) is 0 Å². The van der Waals surface area contributed by atoms with Gasteiger partial charge < -0.3 is 14.6 Å². The predicted molar refractivity (Wildman–Crippen MR) is 80.8 cm³/mol. The quantitative estimate of drug-likeness (QED) is 0.920. The van der Waals surface area contributed by atoms with Crippen LogP contribution in [0.3, 0.4) is 0 Å². The molecule has 5 nitrogen and oxygen atoms in total. The molecule has 1 aliphatic carbocycles. The van der Waals surface area contributed by atoms with E-state index < -0.39 is 0 Å². The second-order valence-corrected chi connectivity index (χ2v) is 6.03. The van der Waals surface area contributed by atoms with Gasteiger partial charge in [-0.1, -0.05) is 6.07 Å². The number of hydrogen-bond donors (Lipinski definition) is 1. The third-order valence-corrected chi connectivity index (χ3v) is 4.45. The third kappa shape index (κ3) is 2.52. The number of rotatable bonds is 5. The number of nitrogens with one attached hydrogen (secondary N) is 1. The Kier molecular flexibility index (Phi) is 3.42. The van der Waals surface area contributed by atoms with Crippen molar-refractivity contribution in [2.45, 2.75) is 43.9 Å². The molecular weight excluding hydrogens is 278 g/mol. The minimum atomic E-state index is 0.0728. The fourth-order valence-corrected chi connectivity index (χ4v) is 3.31. The van der Waals surface area contributed by atoms with Crippen LogP contribution in [-0.4, -0.2) is 27.9 Å². The third-order valence-electron chi connectivity index (χ3n) is 4.45. The minimum Gasteiger partial charge on any atom is -0.468 e. The Hall–Kier alpha value is -2.14. The molecule has 5 heteroatoms. The van der Waals surface area contributed by atoms with Crippen LogP contribution in [0.2, 0.25) is 0 Å². The lowest BCUT2D eigenvalue weighted by Crippen LogP contribution is -2.37. The Bertz CT molecular complexity index is 637. The molecule has 0 spiro atoms. The number of likely N-dealkylation sites (tertiary alicyclic amines) is 1. The van der Waals surface area contributed by atoms with Crippen LogP contribution in [0.25, 0.3) is 0 Å². The van der Waals surface area contributed by atoms with Crippen LogP contribution in [0.5, 0.6) is 0 Å². The fraction of sp³-hybridized carbons (Fsp3) is 0.412. The standard InChI is InChI=1S/C17H19N3O2/c21-16-9-15(19-11-14-4-2-8-22-14)17(20(16)13-5-6-13)12-3-1-7-18-10-12/h1-4,7-8,10,13,15,17,19H,5-6,9,11H2/t15-,17+/m1/s1. The van der Waals surface area contributed by atoms with Gasteiger partial charge in [-0.25, -0.2) is 0 Å². The Balaban J connectivity index is 1.57.